The molecule has 6 heteroatoms. The number of carbonyl (C=O) groups is 1. The van der Waals surface area contributed by atoms with E-state index >= 15 is 0 Å². The molecular formula is C24H24N2O4. The highest BCUT2D eigenvalue weighted by atomic mass is 16.5. The normalized spacial score (nSPS) is 10.6. The molecule has 30 heavy (non-hydrogen) atoms. The van der Waals surface area contributed by atoms with Gasteiger partial charge < -0.3 is 14.2 Å². The Bertz CT molecular complexity index is 939. The number of benzene rings is 3. The Balaban J connectivity index is 1.35. The molecule has 154 valence electrons. The maximum Gasteiger partial charge on any atom is 0.271 e. The van der Waals surface area contributed by atoms with Gasteiger partial charge in [0, 0.05) is 12.0 Å². The smallest absolute Gasteiger partial charge is 0.271 e. The van der Waals surface area contributed by atoms with E-state index in [2.05, 4.69) is 10.5 Å². The summed E-state index contributed by atoms with van der Waals surface area (Å²) in [4.78, 5) is 11.9. The van der Waals surface area contributed by atoms with Gasteiger partial charge in [0.05, 0.1) is 26.5 Å². The van der Waals surface area contributed by atoms with Crippen molar-refractivity contribution in [2.75, 3.05) is 20.3 Å². The molecule has 0 bridgehead atoms. The Morgan fingerprint density at radius 3 is 2.00 bits per heavy atom. The molecule has 0 unspecified atom stereocenters. The molecule has 0 aliphatic carbocycles. The zero-order valence-electron chi connectivity index (χ0n) is 16.8. The molecule has 0 aromatic heterocycles. The van der Waals surface area contributed by atoms with Crippen LogP contribution in [0.4, 0.5) is 0 Å². The molecule has 0 heterocycles. The fourth-order valence-corrected chi connectivity index (χ4v) is 2.58. The van der Waals surface area contributed by atoms with Gasteiger partial charge in [0.15, 0.2) is 0 Å². The van der Waals surface area contributed by atoms with E-state index in [1.807, 2.05) is 66.7 Å². The second kappa shape index (κ2) is 11.3. The molecule has 6 nitrogen and oxygen atoms in total. The summed E-state index contributed by atoms with van der Waals surface area (Å²) in [5, 5.41) is 3.98. The molecule has 3 aromatic rings. The lowest BCUT2D eigenvalue weighted by atomic mass is 10.2. The Morgan fingerprint density at radius 1 is 0.833 bits per heavy atom. The summed E-state index contributed by atoms with van der Waals surface area (Å²) in [7, 11) is 1.64. The largest absolute Gasteiger partial charge is 0.497 e. The third kappa shape index (κ3) is 6.67. The van der Waals surface area contributed by atoms with E-state index in [1.165, 1.54) is 0 Å². The lowest BCUT2D eigenvalue weighted by Crippen LogP contribution is -2.17. The number of nitrogens with one attached hydrogen (secondary N) is 1. The van der Waals surface area contributed by atoms with Gasteiger partial charge in [-0.2, -0.15) is 5.10 Å². The van der Waals surface area contributed by atoms with Gasteiger partial charge >= 0.3 is 0 Å². The summed E-state index contributed by atoms with van der Waals surface area (Å²) in [6.07, 6.45) is 2.36. The third-order valence-electron chi connectivity index (χ3n) is 4.18. The Kier molecular flexibility index (Phi) is 7.85. The van der Waals surface area contributed by atoms with Crippen molar-refractivity contribution >= 4 is 12.1 Å². The maximum absolute atomic E-state index is 11.9. The second-order valence-corrected chi connectivity index (χ2v) is 6.36. The molecule has 0 radical (unpaired) electrons. The van der Waals surface area contributed by atoms with E-state index in [0.29, 0.717) is 18.8 Å². The van der Waals surface area contributed by atoms with Crippen LogP contribution in [-0.4, -0.2) is 32.4 Å². The minimum Gasteiger partial charge on any atom is -0.497 e. The monoisotopic (exact) mass is 404 g/mol. The van der Waals surface area contributed by atoms with Crippen LogP contribution in [0.5, 0.6) is 17.2 Å². The quantitative estimate of drug-likeness (QED) is 0.311. The van der Waals surface area contributed by atoms with E-state index in [0.717, 1.165) is 29.2 Å². The molecular weight excluding hydrogens is 380 g/mol. The van der Waals surface area contributed by atoms with Crippen LogP contribution in [-0.2, 0) is 0 Å². The summed E-state index contributed by atoms with van der Waals surface area (Å²) in [5.41, 5.74) is 3.93. The van der Waals surface area contributed by atoms with Crippen LogP contribution < -0.4 is 19.6 Å². The summed E-state index contributed by atoms with van der Waals surface area (Å²) >= 11 is 0. The van der Waals surface area contributed by atoms with E-state index in [-0.39, 0.29) is 5.91 Å². The van der Waals surface area contributed by atoms with Gasteiger partial charge in [-0.25, -0.2) is 5.43 Å². The average molecular weight is 404 g/mol. The van der Waals surface area contributed by atoms with E-state index in [4.69, 9.17) is 14.2 Å². The predicted molar refractivity (Wildman–Crippen MR) is 117 cm³/mol. The molecule has 1 amide bonds. The second-order valence-electron chi connectivity index (χ2n) is 6.36. The van der Waals surface area contributed by atoms with Crippen LogP contribution >= 0.6 is 0 Å². The Hall–Kier alpha value is -3.80. The molecule has 0 aliphatic rings. The summed E-state index contributed by atoms with van der Waals surface area (Å²) in [6, 6.07) is 23.9. The van der Waals surface area contributed by atoms with Crippen molar-refractivity contribution in [1.82, 2.24) is 5.43 Å². The minimum absolute atomic E-state index is 0.247. The van der Waals surface area contributed by atoms with Crippen molar-refractivity contribution in [3.05, 3.63) is 90.0 Å². The first kappa shape index (κ1) is 20.9. The number of hydrogen-bond acceptors (Lipinski definition) is 5. The molecule has 3 rings (SSSR count). The lowest BCUT2D eigenvalue weighted by Gasteiger charge is -2.08. The first-order valence-electron chi connectivity index (χ1n) is 9.63. The van der Waals surface area contributed by atoms with Crippen molar-refractivity contribution in [3.63, 3.8) is 0 Å². The highest BCUT2D eigenvalue weighted by molar-refractivity contribution is 5.94. The van der Waals surface area contributed by atoms with E-state index in [1.54, 1.807) is 25.5 Å². The molecule has 0 saturated heterocycles. The maximum atomic E-state index is 11.9. The Morgan fingerprint density at radius 2 is 1.40 bits per heavy atom. The number of nitrogens with zero attached hydrogens (tertiary/aromatic N) is 1. The first-order chi connectivity index (χ1) is 14.7. The van der Waals surface area contributed by atoms with Crippen LogP contribution in [0.25, 0.3) is 0 Å². The van der Waals surface area contributed by atoms with Crippen LogP contribution in [0.15, 0.2) is 84.0 Å². The molecule has 0 atom stereocenters. The van der Waals surface area contributed by atoms with Gasteiger partial charge in [-0.3, -0.25) is 4.79 Å². The van der Waals surface area contributed by atoms with Crippen LogP contribution in [0.3, 0.4) is 0 Å². The number of amides is 1. The van der Waals surface area contributed by atoms with Crippen LogP contribution in [0, 0.1) is 0 Å². The van der Waals surface area contributed by atoms with Crippen LogP contribution in [0.1, 0.15) is 22.3 Å². The fraction of sp³-hybridized carbons (Fsp3) is 0.167. The first-order valence-corrected chi connectivity index (χ1v) is 9.63. The SMILES string of the molecule is COc1ccc(OCCCOc2ccc(/C=N\NC(=O)c3ccccc3)cc2)cc1. The summed E-state index contributed by atoms with van der Waals surface area (Å²) < 4.78 is 16.5. The van der Waals surface area contributed by atoms with Crippen molar-refractivity contribution in [3.8, 4) is 17.2 Å². The summed E-state index contributed by atoms with van der Waals surface area (Å²) in [5.74, 6) is 2.13. The van der Waals surface area contributed by atoms with Gasteiger partial charge in [-0.1, -0.05) is 18.2 Å². The molecule has 3 aromatic carbocycles. The highest BCUT2D eigenvalue weighted by Gasteiger charge is 2.01. The minimum atomic E-state index is -0.247. The van der Waals surface area contributed by atoms with Gasteiger partial charge in [0.2, 0.25) is 0 Å². The zero-order chi connectivity index (χ0) is 21.0. The van der Waals surface area contributed by atoms with Crippen molar-refractivity contribution in [2.24, 2.45) is 5.10 Å². The van der Waals surface area contributed by atoms with Gasteiger partial charge in [-0.05, 0) is 66.2 Å². The van der Waals surface area contributed by atoms with Gasteiger partial charge in [-0.15, -0.1) is 0 Å². The molecule has 1 N–H and O–H groups in total. The standard InChI is InChI=1S/C24H24N2O4/c1-28-21-12-14-23(15-13-21)30-17-5-16-29-22-10-8-19(9-11-22)18-25-26-24(27)20-6-3-2-4-7-20/h2-4,6-15,18H,5,16-17H2,1H3,(H,26,27)/b25-18-. The number of hydrazone groups is 1. The van der Waals surface area contributed by atoms with Crippen LogP contribution in [0.2, 0.25) is 0 Å². The van der Waals surface area contributed by atoms with E-state index in [9.17, 15) is 4.79 Å². The third-order valence-corrected chi connectivity index (χ3v) is 4.18. The Labute approximate surface area is 176 Å². The number of ether oxygens (including phenoxy) is 3. The fourth-order valence-electron chi connectivity index (χ4n) is 2.58. The number of hydrogen-bond donors (Lipinski definition) is 1. The average Bonchev–Trinajstić information content (AvgIpc) is 2.81. The summed E-state index contributed by atoms with van der Waals surface area (Å²) in [6.45, 7) is 1.12. The lowest BCUT2D eigenvalue weighted by molar-refractivity contribution is 0.0955. The molecule has 0 saturated carbocycles. The molecule has 0 spiro atoms. The van der Waals surface area contributed by atoms with Gasteiger partial charge in [0.1, 0.15) is 17.2 Å². The number of methoxy groups -OCH3 is 1. The zero-order valence-corrected chi connectivity index (χ0v) is 16.8. The van der Waals surface area contributed by atoms with Crippen molar-refractivity contribution < 1.29 is 19.0 Å². The number of rotatable bonds is 10. The molecule has 0 aliphatic heterocycles. The van der Waals surface area contributed by atoms with Crippen molar-refractivity contribution in [1.29, 1.82) is 0 Å². The van der Waals surface area contributed by atoms with E-state index < -0.39 is 0 Å². The van der Waals surface area contributed by atoms with Crippen molar-refractivity contribution in [2.45, 2.75) is 6.42 Å². The topological polar surface area (TPSA) is 69.2 Å². The number of carbonyl (C=O) groups excluding carboxylic acids is 1. The predicted octanol–water partition coefficient (Wildman–Crippen LogP) is 4.31. The highest BCUT2D eigenvalue weighted by Crippen LogP contribution is 2.17. The molecule has 0 fully saturated rings. The van der Waals surface area contributed by atoms with Gasteiger partial charge in [0.25, 0.3) is 5.91 Å².